The summed E-state index contributed by atoms with van der Waals surface area (Å²) in [5.41, 5.74) is 3.83. The molecule has 0 amide bonds. The van der Waals surface area contributed by atoms with E-state index < -0.39 is 12.1 Å². The monoisotopic (exact) mass is 449 g/mol. The second-order valence-electron chi connectivity index (χ2n) is 10.5. The molecule has 3 fully saturated rings. The van der Waals surface area contributed by atoms with E-state index in [1.807, 2.05) is 6.07 Å². The van der Waals surface area contributed by atoms with Crippen molar-refractivity contribution in [1.29, 1.82) is 0 Å². The predicted octanol–water partition coefficient (Wildman–Crippen LogP) is 4.67. The van der Waals surface area contributed by atoms with Crippen LogP contribution in [0.15, 0.2) is 48.5 Å². The van der Waals surface area contributed by atoms with Gasteiger partial charge >= 0.3 is 5.97 Å². The number of phenols is 1. The number of fused-ring (bicyclic) bond motifs is 1. The van der Waals surface area contributed by atoms with Gasteiger partial charge < -0.3 is 15.3 Å². The molecule has 5 heteroatoms. The third-order valence-corrected chi connectivity index (χ3v) is 8.47. The number of carboxylic acids is 1. The molecule has 2 aromatic carbocycles. The standard InChI is InChI=1S/C20H27NO.C8H8O3/c22-16-7-6-15-11-19-17-3-1-2-8-20(17,18(15)12-16)9-10-21(19)13-14-4-5-14;9-7(8(10)11)6-4-2-1-3-5-6/h6-7,12,14,17,19,22H,1-5,8-11,13H2;1-5,7,9H,(H,10,11)/t17?,19-,20-;/m0./s1. The number of aliphatic hydroxyl groups excluding tert-OH is 1. The fourth-order valence-electron chi connectivity index (χ4n) is 6.71. The van der Waals surface area contributed by atoms with E-state index >= 15 is 0 Å². The third-order valence-electron chi connectivity index (χ3n) is 8.47. The summed E-state index contributed by atoms with van der Waals surface area (Å²) in [6.07, 6.45) is 9.59. The Kier molecular flexibility index (Phi) is 6.19. The van der Waals surface area contributed by atoms with E-state index in [2.05, 4.69) is 17.0 Å². The van der Waals surface area contributed by atoms with Crippen molar-refractivity contribution >= 4 is 5.97 Å². The topological polar surface area (TPSA) is 81.0 Å². The molecule has 6 rings (SSSR count). The zero-order valence-corrected chi connectivity index (χ0v) is 19.2. The first-order chi connectivity index (χ1) is 16.0. The predicted molar refractivity (Wildman–Crippen MR) is 127 cm³/mol. The fraction of sp³-hybridized carbons (Fsp3) is 0.536. The van der Waals surface area contributed by atoms with Crippen LogP contribution >= 0.6 is 0 Å². The minimum absolute atomic E-state index is 0.384. The van der Waals surface area contributed by atoms with Gasteiger partial charge in [-0.1, -0.05) is 49.2 Å². The van der Waals surface area contributed by atoms with Crippen LogP contribution in [0.25, 0.3) is 0 Å². The van der Waals surface area contributed by atoms with Gasteiger partial charge in [0.15, 0.2) is 6.10 Å². The van der Waals surface area contributed by atoms with Crippen molar-refractivity contribution in [2.24, 2.45) is 11.8 Å². The Morgan fingerprint density at radius 3 is 2.58 bits per heavy atom. The number of hydrogen-bond acceptors (Lipinski definition) is 4. The second kappa shape index (κ2) is 9.11. The first-order valence-corrected chi connectivity index (χ1v) is 12.5. The molecule has 3 N–H and O–H groups in total. The molecule has 1 heterocycles. The highest BCUT2D eigenvalue weighted by Crippen LogP contribution is 2.56. The number of nitrogens with zero attached hydrogens (tertiary/aromatic N) is 1. The summed E-state index contributed by atoms with van der Waals surface area (Å²) >= 11 is 0. The van der Waals surface area contributed by atoms with Crippen LogP contribution in [0.1, 0.15) is 67.7 Å². The van der Waals surface area contributed by atoms with E-state index in [1.165, 1.54) is 75.6 Å². The van der Waals surface area contributed by atoms with Gasteiger partial charge in [0.25, 0.3) is 0 Å². The van der Waals surface area contributed by atoms with Crippen molar-refractivity contribution in [3.05, 3.63) is 65.2 Å². The molecule has 33 heavy (non-hydrogen) atoms. The quantitative estimate of drug-likeness (QED) is 0.632. The number of likely N-dealkylation sites (tertiary alicyclic amines) is 1. The van der Waals surface area contributed by atoms with Crippen LogP contribution in [-0.2, 0) is 16.6 Å². The molecule has 0 spiro atoms. The number of carboxylic acid groups (broad SMARTS) is 1. The number of phenolic OH excluding ortho intramolecular Hbond substituents is 1. The lowest BCUT2D eigenvalue weighted by molar-refractivity contribution is -0.146. The Balaban J connectivity index is 0.000000177. The molecular formula is C28H35NO4. The van der Waals surface area contributed by atoms with Crippen molar-refractivity contribution in [1.82, 2.24) is 4.90 Å². The Bertz CT molecular complexity index is 989. The minimum Gasteiger partial charge on any atom is -0.508 e. The molecule has 1 saturated heterocycles. The summed E-state index contributed by atoms with van der Waals surface area (Å²) in [5, 5.41) is 27.4. The first-order valence-electron chi connectivity index (χ1n) is 12.5. The number of benzene rings is 2. The summed E-state index contributed by atoms with van der Waals surface area (Å²) in [5.74, 6) is 1.08. The van der Waals surface area contributed by atoms with Crippen LogP contribution in [0.4, 0.5) is 0 Å². The maximum Gasteiger partial charge on any atom is 0.337 e. The minimum atomic E-state index is -1.41. The number of aliphatic carboxylic acids is 1. The van der Waals surface area contributed by atoms with Crippen LogP contribution in [-0.4, -0.2) is 45.3 Å². The largest absolute Gasteiger partial charge is 0.508 e. The Hall–Kier alpha value is -2.37. The van der Waals surface area contributed by atoms with E-state index in [1.54, 1.807) is 30.3 Å². The van der Waals surface area contributed by atoms with Gasteiger partial charge in [0.1, 0.15) is 5.75 Å². The number of aliphatic hydroxyl groups is 1. The van der Waals surface area contributed by atoms with Crippen molar-refractivity contribution in [3.8, 4) is 5.75 Å². The molecule has 1 aliphatic heterocycles. The van der Waals surface area contributed by atoms with Crippen molar-refractivity contribution in [3.63, 3.8) is 0 Å². The number of rotatable bonds is 4. The zero-order chi connectivity index (χ0) is 23.0. The second-order valence-corrected chi connectivity index (χ2v) is 10.5. The highest BCUT2D eigenvalue weighted by molar-refractivity contribution is 5.73. The number of carbonyl (C=O) groups is 1. The van der Waals surface area contributed by atoms with E-state index in [4.69, 9.17) is 10.2 Å². The van der Waals surface area contributed by atoms with Gasteiger partial charge in [0.05, 0.1) is 0 Å². The fourth-order valence-corrected chi connectivity index (χ4v) is 6.71. The number of aromatic hydroxyl groups is 1. The molecule has 4 atom stereocenters. The first kappa shape index (κ1) is 22.4. The van der Waals surface area contributed by atoms with Gasteiger partial charge in [0, 0.05) is 18.0 Å². The number of piperidine rings is 1. The number of hydrogen-bond donors (Lipinski definition) is 3. The highest BCUT2D eigenvalue weighted by atomic mass is 16.4. The van der Waals surface area contributed by atoms with Gasteiger partial charge in [-0.25, -0.2) is 4.79 Å². The summed E-state index contributed by atoms with van der Waals surface area (Å²) in [6, 6.07) is 15.3. The average molecular weight is 450 g/mol. The van der Waals surface area contributed by atoms with E-state index in [9.17, 15) is 9.90 Å². The highest BCUT2D eigenvalue weighted by Gasteiger charge is 2.54. The van der Waals surface area contributed by atoms with Gasteiger partial charge in [-0.05, 0) is 85.7 Å². The summed E-state index contributed by atoms with van der Waals surface area (Å²) in [6.45, 7) is 2.64. The lowest BCUT2D eigenvalue weighted by atomic mass is 9.52. The van der Waals surface area contributed by atoms with Gasteiger partial charge in [0.2, 0.25) is 0 Å². The van der Waals surface area contributed by atoms with Crippen LogP contribution in [0.5, 0.6) is 5.75 Å². The maximum absolute atomic E-state index is 10.2. The van der Waals surface area contributed by atoms with Gasteiger partial charge in [-0.2, -0.15) is 0 Å². The van der Waals surface area contributed by atoms with Gasteiger partial charge in [-0.3, -0.25) is 4.90 Å². The molecule has 0 aromatic heterocycles. The molecule has 2 unspecified atom stereocenters. The Morgan fingerprint density at radius 2 is 1.85 bits per heavy atom. The molecule has 2 saturated carbocycles. The zero-order valence-electron chi connectivity index (χ0n) is 19.2. The molecule has 2 aromatic rings. The summed E-state index contributed by atoms with van der Waals surface area (Å²) in [4.78, 5) is 13.1. The SMILES string of the molecule is O=C(O)C(O)c1ccccc1.Oc1ccc2c(c1)[C@]13CCCCC1[C@H](C2)N(CC1CC1)CC3. The van der Waals surface area contributed by atoms with Crippen molar-refractivity contribution < 1.29 is 20.1 Å². The lowest BCUT2D eigenvalue weighted by Crippen LogP contribution is -2.61. The Morgan fingerprint density at radius 1 is 1.06 bits per heavy atom. The van der Waals surface area contributed by atoms with Crippen molar-refractivity contribution in [2.75, 3.05) is 13.1 Å². The van der Waals surface area contributed by atoms with Crippen LogP contribution in [0.3, 0.4) is 0 Å². The van der Waals surface area contributed by atoms with E-state index in [-0.39, 0.29) is 0 Å². The van der Waals surface area contributed by atoms with E-state index in [0.29, 0.717) is 16.7 Å². The van der Waals surface area contributed by atoms with Crippen LogP contribution in [0.2, 0.25) is 0 Å². The average Bonchev–Trinajstić information content (AvgIpc) is 3.66. The normalized spacial score (nSPS) is 29.1. The van der Waals surface area contributed by atoms with E-state index in [0.717, 1.165) is 17.9 Å². The molecular weight excluding hydrogens is 414 g/mol. The molecule has 0 radical (unpaired) electrons. The maximum atomic E-state index is 10.2. The summed E-state index contributed by atoms with van der Waals surface area (Å²) < 4.78 is 0. The third kappa shape index (κ3) is 4.41. The molecule has 2 bridgehead atoms. The van der Waals surface area contributed by atoms with Crippen molar-refractivity contribution in [2.45, 2.75) is 68.9 Å². The van der Waals surface area contributed by atoms with Gasteiger partial charge in [-0.15, -0.1) is 0 Å². The molecule has 176 valence electrons. The molecule has 4 aliphatic rings. The molecule has 5 nitrogen and oxygen atoms in total. The van der Waals surface area contributed by atoms with Crippen LogP contribution in [0, 0.1) is 11.8 Å². The van der Waals surface area contributed by atoms with Crippen LogP contribution < -0.4 is 0 Å². The molecule has 3 aliphatic carbocycles. The summed E-state index contributed by atoms with van der Waals surface area (Å²) in [7, 11) is 0. The Labute approximate surface area is 196 Å². The smallest absolute Gasteiger partial charge is 0.337 e. The lowest BCUT2D eigenvalue weighted by Gasteiger charge is -2.59.